The van der Waals surface area contributed by atoms with Gasteiger partial charge in [-0.25, -0.2) is 4.99 Å². The number of carbonyl (C=O) groups excluding carboxylic acids is 1. The Balaban J connectivity index is 1.86. The molecule has 7 heteroatoms. The zero-order valence-corrected chi connectivity index (χ0v) is 16.4. The van der Waals surface area contributed by atoms with Crippen molar-refractivity contribution in [3.05, 3.63) is 61.9 Å². The van der Waals surface area contributed by atoms with E-state index in [-0.39, 0.29) is 16.7 Å². The minimum atomic E-state index is -0.260. The van der Waals surface area contributed by atoms with E-state index in [2.05, 4.69) is 33.2 Å². The number of benzene rings is 2. The number of amidine groups is 1. The maximum atomic E-state index is 12.2. The highest BCUT2D eigenvalue weighted by molar-refractivity contribution is 9.10. The average Bonchev–Trinajstić information content (AvgIpc) is 2.92. The zero-order valence-electron chi connectivity index (χ0n) is 13.2. The number of phenolic OH excluding ortho intramolecular Hbond substituents is 1. The normalized spacial score (nSPS) is 17.3. The fourth-order valence-electron chi connectivity index (χ4n) is 2.24. The lowest BCUT2D eigenvalue weighted by atomic mass is 10.2. The first-order valence-corrected chi connectivity index (χ1v) is 9.51. The summed E-state index contributed by atoms with van der Waals surface area (Å²) in [5.74, 6) is -0.323. The van der Waals surface area contributed by atoms with Crippen LogP contribution in [0.15, 0.2) is 50.8 Å². The Labute approximate surface area is 163 Å². The maximum absolute atomic E-state index is 12.2. The number of aliphatic imine (C=N–C) groups is 1. The quantitative estimate of drug-likeness (QED) is 0.644. The summed E-state index contributed by atoms with van der Waals surface area (Å²) in [6, 6.07) is 11.1. The third-order valence-corrected chi connectivity index (χ3v) is 5.23. The largest absolute Gasteiger partial charge is 0.506 e. The highest BCUT2D eigenvalue weighted by atomic mass is 79.9. The second-order valence-electron chi connectivity index (χ2n) is 5.33. The van der Waals surface area contributed by atoms with Gasteiger partial charge in [0.1, 0.15) is 5.75 Å². The van der Waals surface area contributed by atoms with Crippen LogP contribution in [0, 0.1) is 0 Å². The molecular formula is C18H14BrClN2O2S. The Kier molecular flexibility index (Phi) is 5.51. The van der Waals surface area contributed by atoms with E-state index in [4.69, 9.17) is 11.6 Å². The van der Waals surface area contributed by atoms with Gasteiger partial charge in [0.05, 0.1) is 15.6 Å². The number of rotatable bonds is 3. The van der Waals surface area contributed by atoms with Gasteiger partial charge in [0.15, 0.2) is 5.17 Å². The number of halogens is 2. The van der Waals surface area contributed by atoms with Gasteiger partial charge in [-0.2, -0.15) is 0 Å². The molecule has 3 rings (SSSR count). The minimum Gasteiger partial charge on any atom is -0.506 e. The molecule has 1 amide bonds. The van der Waals surface area contributed by atoms with Crippen LogP contribution in [0.4, 0.5) is 5.69 Å². The zero-order chi connectivity index (χ0) is 18.0. The number of phenols is 1. The van der Waals surface area contributed by atoms with Crippen molar-refractivity contribution in [3.8, 4) is 5.75 Å². The first-order valence-electron chi connectivity index (χ1n) is 7.53. The Morgan fingerprint density at radius 3 is 2.72 bits per heavy atom. The van der Waals surface area contributed by atoms with Gasteiger partial charge in [-0.05, 0) is 54.1 Å². The molecule has 1 fully saturated rings. The van der Waals surface area contributed by atoms with E-state index in [9.17, 15) is 9.90 Å². The molecule has 0 radical (unpaired) electrons. The van der Waals surface area contributed by atoms with E-state index in [0.29, 0.717) is 15.6 Å². The van der Waals surface area contributed by atoms with Gasteiger partial charge in [0, 0.05) is 10.0 Å². The van der Waals surface area contributed by atoms with Gasteiger partial charge in [0.2, 0.25) is 0 Å². The first kappa shape index (κ1) is 18.0. The van der Waals surface area contributed by atoms with Crippen LogP contribution in [0.1, 0.15) is 18.1 Å². The van der Waals surface area contributed by atoms with Gasteiger partial charge in [-0.15, -0.1) is 0 Å². The molecular weight excluding hydrogens is 424 g/mol. The molecule has 0 saturated carbocycles. The number of aromatic hydroxyl groups is 1. The van der Waals surface area contributed by atoms with Crippen LogP contribution >= 0.6 is 39.3 Å². The van der Waals surface area contributed by atoms with Crippen molar-refractivity contribution < 1.29 is 9.90 Å². The third-order valence-electron chi connectivity index (χ3n) is 3.57. The molecule has 0 atom stereocenters. The molecule has 128 valence electrons. The van der Waals surface area contributed by atoms with E-state index in [1.165, 1.54) is 17.3 Å². The summed E-state index contributed by atoms with van der Waals surface area (Å²) in [6.45, 7) is 2.09. The van der Waals surface area contributed by atoms with Crippen LogP contribution in [0.5, 0.6) is 5.75 Å². The van der Waals surface area contributed by atoms with Gasteiger partial charge in [-0.3, -0.25) is 4.79 Å². The molecule has 4 nitrogen and oxygen atoms in total. The Hall–Kier alpha value is -1.76. The van der Waals surface area contributed by atoms with Crippen LogP contribution in [0.2, 0.25) is 5.02 Å². The van der Waals surface area contributed by atoms with Crippen molar-refractivity contribution in [2.75, 3.05) is 0 Å². The van der Waals surface area contributed by atoms with Crippen LogP contribution in [0.3, 0.4) is 0 Å². The molecule has 2 N–H and O–H groups in total. The van der Waals surface area contributed by atoms with Gasteiger partial charge in [-0.1, -0.05) is 46.6 Å². The molecule has 1 aliphatic rings. The monoisotopic (exact) mass is 436 g/mol. The summed E-state index contributed by atoms with van der Waals surface area (Å²) in [7, 11) is 0. The molecule has 0 bridgehead atoms. The second kappa shape index (κ2) is 7.64. The molecule has 2 aromatic carbocycles. The topological polar surface area (TPSA) is 61.7 Å². The van der Waals surface area contributed by atoms with Crippen LogP contribution in [-0.2, 0) is 11.2 Å². The summed E-state index contributed by atoms with van der Waals surface area (Å²) in [6.07, 6.45) is 2.56. The van der Waals surface area contributed by atoms with Gasteiger partial charge >= 0.3 is 0 Å². The van der Waals surface area contributed by atoms with E-state index < -0.39 is 0 Å². The van der Waals surface area contributed by atoms with Crippen molar-refractivity contribution in [3.63, 3.8) is 0 Å². The van der Waals surface area contributed by atoms with Crippen molar-refractivity contribution in [2.45, 2.75) is 13.3 Å². The predicted molar refractivity (Wildman–Crippen MR) is 107 cm³/mol. The highest BCUT2D eigenvalue weighted by Gasteiger charge is 2.24. The van der Waals surface area contributed by atoms with E-state index in [1.807, 2.05) is 24.3 Å². The number of nitrogens with one attached hydrogen (secondary N) is 1. The molecule has 1 aliphatic heterocycles. The molecule has 0 aromatic heterocycles. The molecule has 0 spiro atoms. The lowest BCUT2D eigenvalue weighted by molar-refractivity contribution is -0.115. The summed E-state index contributed by atoms with van der Waals surface area (Å²) in [5, 5.41) is 13.5. The van der Waals surface area contributed by atoms with Gasteiger partial charge < -0.3 is 10.4 Å². The number of aryl methyl sites for hydroxylation is 1. The molecule has 2 aromatic rings. The smallest absolute Gasteiger partial charge is 0.264 e. The number of amides is 1. The first-order chi connectivity index (χ1) is 12.0. The van der Waals surface area contributed by atoms with Crippen LogP contribution in [0.25, 0.3) is 6.08 Å². The molecule has 1 heterocycles. The molecule has 1 saturated heterocycles. The van der Waals surface area contributed by atoms with Crippen LogP contribution in [-0.4, -0.2) is 16.2 Å². The summed E-state index contributed by atoms with van der Waals surface area (Å²) >= 11 is 10.5. The van der Waals surface area contributed by atoms with Crippen LogP contribution < -0.4 is 5.32 Å². The number of thioether (sulfide) groups is 1. The fourth-order valence-corrected chi connectivity index (χ4v) is 3.91. The van der Waals surface area contributed by atoms with Crippen molar-refractivity contribution >= 4 is 62.1 Å². The number of carbonyl (C=O) groups is 1. The highest BCUT2D eigenvalue weighted by Crippen LogP contribution is 2.35. The van der Waals surface area contributed by atoms with Crippen molar-refractivity contribution in [1.29, 1.82) is 0 Å². The standard InChI is InChI=1S/C18H14BrClN2O2S/c1-2-10-3-5-13(6-4-10)21-18-22-17(24)15(25-18)8-11-7-12(19)9-14(20)16(11)23/h3-9,23H,2H2,1H3,(H,21,22,24)/b15-8+. The van der Waals surface area contributed by atoms with E-state index in [0.717, 1.165) is 16.6 Å². The van der Waals surface area contributed by atoms with E-state index in [1.54, 1.807) is 18.2 Å². The fraction of sp³-hybridized carbons (Fsp3) is 0.111. The summed E-state index contributed by atoms with van der Waals surface area (Å²) < 4.78 is 0.718. The summed E-state index contributed by atoms with van der Waals surface area (Å²) in [4.78, 5) is 17.0. The summed E-state index contributed by atoms with van der Waals surface area (Å²) in [5.41, 5.74) is 2.47. The number of hydrogen-bond acceptors (Lipinski definition) is 4. The lowest BCUT2D eigenvalue weighted by Gasteiger charge is -2.03. The SMILES string of the molecule is CCc1ccc(N=C2NC(=O)/C(=C\c3cc(Br)cc(Cl)c3O)S2)cc1. The van der Waals surface area contributed by atoms with E-state index >= 15 is 0 Å². The number of hydrogen-bond donors (Lipinski definition) is 2. The molecule has 25 heavy (non-hydrogen) atoms. The van der Waals surface area contributed by atoms with Gasteiger partial charge in [0.25, 0.3) is 5.91 Å². The minimum absolute atomic E-state index is 0.0636. The number of nitrogens with zero attached hydrogens (tertiary/aromatic N) is 1. The Bertz CT molecular complexity index is 895. The lowest BCUT2D eigenvalue weighted by Crippen LogP contribution is -2.19. The maximum Gasteiger partial charge on any atom is 0.264 e. The average molecular weight is 438 g/mol. The Morgan fingerprint density at radius 1 is 1.32 bits per heavy atom. The predicted octanol–water partition coefficient (Wildman–Crippen LogP) is 5.26. The third kappa shape index (κ3) is 4.26. The molecule has 0 aliphatic carbocycles. The second-order valence-corrected chi connectivity index (χ2v) is 7.68. The van der Waals surface area contributed by atoms with Crippen molar-refractivity contribution in [1.82, 2.24) is 5.32 Å². The van der Waals surface area contributed by atoms with Crippen molar-refractivity contribution in [2.24, 2.45) is 4.99 Å². The Morgan fingerprint density at radius 2 is 2.04 bits per heavy atom. The molecule has 0 unspecified atom stereocenters.